The quantitative estimate of drug-likeness (QED) is 0.627. The summed E-state index contributed by atoms with van der Waals surface area (Å²) in [5.41, 5.74) is 0.679. The van der Waals surface area contributed by atoms with Gasteiger partial charge in [0.2, 0.25) is 5.91 Å². The Labute approximate surface area is 92.7 Å². The zero-order valence-corrected chi connectivity index (χ0v) is 8.59. The first-order chi connectivity index (χ1) is 7.59. The summed E-state index contributed by atoms with van der Waals surface area (Å²) < 4.78 is 0. The zero-order valence-electron chi connectivity index (χ0n) is 8.59. The Morgan fingerprint density at radius 2 is 1.88 bits per heavy atom. The van der Waals surface area contributed by atoms with Crippen molar-refractivity contribution in [3.63, 3.8) is 0 Å². The molecule has 0 heterocycles. The van der Waals surface area contributed by atoms with Gasteiger partial charge in [-0.3, -0.25) is 9.59 Å². The number of carbonyl (C=O) groups excluding carboxylic acids is 1. The maximum atomic E-state index is 11.0. The largest absolute Gasteiger partial charge is 0.481 e. The number of benzene rings is 1. The summed E-state index contributed by atoms with van der Waals surface area (Å²) in [5, 5.41) is 20.3. The number of rotatable bonds is 5. The van der Waals surface area contributed by atoms with Gasteiger partial charge in [0, 0.05) is 6.54 Å². The predicted octanol–water partition coefficient (Wildman–Crippen LogP) is 0.311. The molecular formula is C11H13NO4. The number of carboxylic acids is 1. The predicted molar refractivity (Wildman–Crippen MR) is 56.7 cm³/mol. The minimum Gasteiger partial charge on any atom is -0.481 e. The first kappa shape index (κ1) is 12.2. The van der Waals surface area contributed by atoms with Gasteiger partial charge in [-0.15, -0.1) is 0 Å². The van der Waals surface area contributed by atoms with E-state index < -0.39 is 24.4 Å². The van der Waals surface area contributed by atoms with Crippen molar-refractivity contribution in [3.05, 3.63) is 35.9 Å². The summed E-state index contributed by atoms with van der Waals surface area (Å²) in [6, 6.07) is 8.83. The molecule has 1 aromatic rings. The molecule has 0 aliphatic rings. The van der Waals surface area contributed by atoms with Gasteiger partial charge in [0.05, 0.1) is 6.10 Å². The van der Waals surface area contributed by atoms with Gasteiger partial charge in [0.1, 0.15) is 6.42 Å². The molecule has 0 radical (unpaired) electrons. The number of carboxylic acid groups (broad SMARTS) is 1. The monoisotopic (exact) mass is 223 g/mol. The maximum absolute atomic E-state index is 11.0. The molecule has 0 aliphatic heterocycles. The van der Waals surface area contributed by atoms with E-state index in [9.17, 15) is 14.7 Å². The average molecular weight is 223 g/mol. The highest BCUT2D eigenvalue weighted by atomic mass is 16.4. The Hall–Kier alpha value is -1.88. The van der Waals surface area contributed by atoms with Crippen LogP contribution < -0.4 is 5.32 Å². The fraction of sp³-hybridized carbons (Fsp3) is 0.273. The first-order valence-electron chi connectivity index (χ1n) is 4.81. The van der Waals surface area contributed by atoms with Crippen LogP contribution in [0.2, 0.25) is 0 Å². The minimum absolute atomic E-state index is 0.0100. The van der Waals surface area contributed by atoms with Crippen LogP contribution in [0.4, 0.5) is 0 Å². The Bertz CT molecular complexity index is 364. The number of aliphatic hydroxyl groups is 1. The van der Waals surface area contributed by atoms with Crippen molar-refractivity contribution in [2.45, 2.75) is 12.5 Å². The normalized spacial score (nSPS) is 11.8. The highest BCUT2D eigenvalue weighted by Gasteiger charge is 2.11. The Morgan fingerprint density at radius 1 is 1.25 bits per heavy atom. The van der Waals surface area contributed by atoms with Crippen molar-refractivity contribution in [1.82, 2.24) is 5.32 Å². The summed E-state index contributed by atoms with van der Waals surface area (Å²) in [5.74, 6) is -1.80. The van der Waals surface area contributed by atoms with Gasteiger partial charge in [0.25, 0.3) is 0 Å². The molecule has 0 aliphatic carbocycles. The number of nitrogens with one attached hydrogen (secondary N) is 1. The highest BCUT2D eigenvalue weighted by molar-refractivity contribution is 5.93. The molecule has 0 saturated heterocycles. The van der Waals surface area contributed by atoms with Crippen LogP contribution in [0, 0.1) is 0 Å². The van der Waals surface area contributed by atoms with Gasteiger partial charge in [0.15, 0.2) is 0 Å². The zero-order chi connectivity index (χ0) is 12.0. The molecule has 3 N–H and O–H groups in total. The molecule has 0 bridgehead atoms. The van der Waals surface area contributed by atoms with E-state index in [1.807, 2.05) is 6.07 Å². The maximum Gasteiger partial charge on any atom is 0.312 e. The average Bonchev–Trinajstić information content (AvgIpc) is 2.26. The molecule has 86 valence electrons. The number of hydrogen-bond donors (Lipinski definition) is 3. The van der Waals surface area contributed by atoms with Crippen molar-refractivity contribution in [1.29, 1.82) is 0 Å². The van der Waals surface area contributed by atoms with Gasteiger partial charge < -0.3 is 15.5 Å². The van der Waals surface area contributed by atoms with E-state index in [4.69, 9.17) is 5.11 Å². The molecule has 1 amide bonds. The lowest BCUT2D eigenvalue weighted by molar-refractivity contribution is -0.140. The van der Waals surface area contributed by atoms with Crippen LogP contribution in [0.15, 0.2) is 30.3 Å². The molecule has 1 rings (SSSR count). The Kier molecular flexibility index (Phi) is 4.47. The van der Waals surface area contributed by atoms with E-state index in [0.717, 1.165) is 0 Å². The molecule has 5 nitrogen and oxygen atoms in total. The summed E-state index contributed by atoms with van der Waals surface area (Å²) in [7, 11) is 0. The van der Waals surface area contributed by atoms with Crippen molar-refractivity contribution < 1.29 is 19.8 Å². The molecule has 1 unspecified atom stereocenters. The number of carbonyl (C=O) groups is 2. The fourth-order valence-corrected chi connectivity index (χ4v) is 1.20. The Morgan fingerprint density at radius 3 is 2.44 bits per heavy atom. The van der Waals surface area contributed by atoms with Gasteiger partial charge in [-0.2, -0.15) is 0 Å². The molecule has 0 spiro atoms. The SMILES string of the molecule is O=C(O)CC(=O)NCC(O)c1ccccc1. The molecule has 16 heavy (non-hydrogen) atoms. The summed E-state index contributed by atoms with van der Waals surface area (Å²) in [6.45, 7) is 0.0100. The molecule has 0 aromatic heterocycles. The lowest BCUT2D eigenvalue weighted by Crippen LogP contribution is -2.29. The van der Waals surface area contributed by atoms with Crippen LogP contribution in [0.5, 0.6) is 0 Å². The summed E-state index contributed by atoms with van der Waals surface area (Å²) >= 11 is 0. The van der Waals surface area contributed by atoms with Crippen molar-refractivity contribution in [2.24, 2.45) is 0 Å². The molecule has 0 fully saturated rings. The lowest BCUT2D eigenvalue weighted by Gasteiger charge is -2.11. The molecule has 0 saturated carbocycles. The second-order valence-electron chi connectivity index (χ2n) is 3.30. The third-order valence-corrected chi connectivity index (χ3v) is 1.99. The van der Waals surface area contributed by atoms with Crippen LogP contribution in [0.1, 0.15) is 18.1 Å². The van der Waals surface area contributed by atoms with E-state index >= 15 is 0 Å². The van der Waals surface area contributed by atoms with Crippen molar-refractivity contribution >= 4 is 11.9 Å². The van der Waals surface area contributed by atoms with Crippen LogP contribution in [0.25, 0.3) is 0 Å². The summed E-state index contributed by atoms with van der Waals surface area (Å²) in [4.78, 5) is 21.2. The highest BCUT2D eigenvalue weighted by Crippen LogP contribution is 2.10. The minimum atomic E-state index is -1.19. The number of aliphatic hydroxyl groups excluding tert-OH is 1. The van der Waals surface area contributed by atoms with Crippen LogP contribution >= 0.6 is 0 Å². The van der Waals surface area contributed by atoms with Gasteiger partial charge in [-0.1, -0.05) is 30.3 Å². The Balaban J connectivity index is 2.39. The first-order valence-corrected chi connectivity index (χ1v) is 4.81. The molecule has 5 heteroatoms. The van der Waals surface area contributed by atoms with Crippen molar-refractivity contribution in [2.75, 3.05) is 6.54 Å². The van der Waals surface area contributed by atoms with E-state index in [-0.39, 0.29) is 6.54 Å². The van der Waals surface area contributed by atoms with Crippen LogP contribution in [0.3, 0.4) is 0 Å². The van der Waals surface area contributed by atoms with Gasteiger partial charge in [-0.25, -0.2) is 0 Å². The summed E-state index contributed by atoms with van der Waals surface area (Å²) in [6.07, 6.45) is -1.40. The van der Waals surface area contributed by atoms with Crippen molar-refractivity contribution in [3.8, 4) is 0 Å². The van der Waals surface area contributed by atoms with E-state index in [1.54, 1.807) is 24.3 Å². The third-order valence-electron chi connectivity index (χ3n) is 1.99. The van der Waals surface area contributed by atoms with Gasteiger partial charge >= 0.3 is 5.97 Å². The van der Waals surface area contributed by atoms with Crippen LogP contribution in [-0.4, -0.2) is 28.6 Å². The lowest BCUT2D eigenvalue weighted by atomic mass is 10.1. The van der Waals surface area contributed by atoms with Crippen LogP contribution in [-0.2, 0) is 9.59 Å². The second-order valence-corrected chi connectivity index (χ2v) is 3.30. The van der Waals surface area contributed by atoms with Gasteiger partial charge in [-0.05, 0) is 5.56 Å². The molecule has 1 aromatic carbocycles. The second kappa shape index (κ2) is 5.87. The van der Waals surface area contributed by atoms with E-state index in [0.29, 0.717) is 5.56 Å². The number of aliphatic carboxylic acids is 1. The molecular weight excluding hydrogens is 210 g/mol. The van der Waals surface area contributed by atoms with E-state index in [2.05, 4.69) is 5.32 Å². The standard InChI is InChI=1S/C11H13NO4/c13-9(8-4-2-1-3-5-8)7-12-10(14)6-11(15)16/h1-5,9,13H,6-7H2,(H,12,14)(H,15,16). The third kappa shape index (κ3) is 4.10. The number of amides is 1. The smallest absolute Gasteiger partial charge is 0.312 e. The molecule has 1 atom stereocenters. The number of hydrogen-bond acceptors (Lipinski definition) is 3. The fourth-order valence-electron chi connectivity index (χ4n) is 1.20. The topological polar surface area (TPSA) is 86.6 Å². The van der Waals surface area contributed by atoms with E-state index in [1.165, 1.54) is 0 Å².